The summed E-state index contributed by atoms with van der Waals surface area (Å²) in [6, 6.07) is 5.28. The van der Waals surface area contributed by atoms with Crippen molar-refractivity contribution >= 4 is 46.9 Å². The van der Waals surface area contributed by atoms with Gasteiger partial charge in [-0.15, -0.1) is 11.8 Å². The second-order valence-corrected chi connectivity index (χ2v) is 9.68. The first-order valence-corrected chi connectivity index (χ1v) is 10.1. The Hall–Kier alpha value is -1.11. The van der Waals surface area contributed by atoms with Crippen molar-refractivity contribution in [3.8, 4) is 0 Å². The third-order valence-electron chi connectivity index (χ3n) is 3.98. The number of urea groups is 1. The maximum absolute atomic E-state index is 12.6. The molecule has 1 aromatic rings. The van der Waals surface area contributed by atoms with Gasteiger partial charge in [-0.2, -0.15) is 0 Å². The molecule has 1 aliphatic rings. The molecule has 1 heterocycles. The highest BCUT2D eigenvalue weighted by Crippen LogP contribution is 2.43. The average molecular weight is 418 g/mol. The van der Waals surface area contributed by atoms with Crippen LogP contribution in [0.4, 0.5) is 4.79 Å². The number of hydrogen-bond acceptors (Lipinski definition) is 3. The van der Waals surface area contributed by atoms with E-state index in [0.717, 1.165) is 5.56 Å². The number of carbonyl (C=O) groups excluding carboxylic acids is 2. The second-order valence-electron chi connectivity index (χ2n) is 7.44. The van der Waals surface area contributed by atoms with Gasteiger partial charge in [0.1, 0.15) is 5.37 Å². The summed E-state index contributed by atoms with van der Waals surface area (Å²) >= 11 is 13.7. The molecule has 2 atom stereocenters. The topological polar surface area (TPSA) is 52.6 Å². The zero-order chi connectivity index (χ0) is 19.6. The van der Waals surface area contributed by atoms with Crippen LogP contribution < -0.4 is 5.32 Å². The number of benzene rings is 1. The molecule has 1 N–H and O–H groups in total. The van der Waals surface area contributed by atoms with E-state index in [1.165, 1.54) is 0 Å². The minimum absolute atomic E-state index is 0.0655. The van der Waals surface area contributed by atoms with Crippen molar-refractivity contribution in [3.05, 3.63) is 33.8 Å². The zero-order valence-electron chi connectivity index (χ0n) is 15.7. The summed E-state index contributed by atoms with van der Waals surface area (Å²) in [4.78, 5) is 28.2. The monoisotopic (exact) mass is 417 g/mol. The number of likely N-dealkylation sites (N-methyl/N-ethyl adjacent to an activating group) is 1. The quantitative estimate of drug-likeness (QED) is 0.789. The summed E-state index contributed by atoms with van der Waals surface area (Å²) in [6.45, 7) is 8.59. The number of halogens is 2. The molecule has 5 nitrogen and oxygen atoms in total. The van der Waals surface area contributed by atoms with E-state index in [2.05, 4.69) is 5.32 Å². The van der Waals surface area contributed by atoms with Gasteiger partial charge in [-0.1, -0.05) is 29.3 Å². The van der Waals surface area contributed by atoms with E-state index in [1.54, 1.807) is 40.7 Å². The van der Waals surface area contributed by atoms with Crippen LogP contribution in [-0.2, 0) is 4.79 Å². The fourth-order valence-corrected chi connectivity index (χ4v) is 4.21. The molecule has 0 radical (unpaired) electrons. The highest BCUT2D eigenvalue weighted by atomic mass is 35.5. The lowest BCUT2D eigenvalue weighted by Crippen LogP contribution is -2.49. The number of carbonyl (C=O) groups is 2. The first-order valence-electron chi connectivity index (χ1n) is 8.44. The minimum Gasteiger partial charge on any atom is -0.333 e. The van der Waals surface area contributed by atoms with Crippen molar-refractivity contribution in [1.29, 1.82) is 0 Å². The predicted molar refractivity (Wildman–Crippen MR) is 109 cm³/mol. The van der Waals surface area contributed by atoms with E-state index >= 15 is 0 Å². The summed E-state index contributed by atoms with van der Waals surface area (Å²) in [5, 5.41) is 3.61. The van der Waals surface area contributed by atoms with Crippen molar-refractivity contribution in [1.82, 2.24) is 15.1 Å². The zero-order valence-corrected chi connectivity index (χ0v) is 18.0. The number of nitrogens with zero attached hydrogens (tertiary/aromatic N) is 2. The number of amides is 3. The van der Waals surface area contributed by atoms with Crippen LogP contribution in [0.25, 0.3) is 0 Å². The van der Waals surface area contributed by atoms with Crippen molar-refractivity contribution < 1.29 is 9.59 Å². The molecule has 0 aromatic heterocycles. The molecule has 1 aliphatic heterocycles. The Balaban J connectivity index is 2.08. The smallest absolute Gasteiger partial charge is 0.317 e. The molecule has 144 valence electrons. The predicted octanol–water partition coefficient (Wildman–Crippen LogP) is 4.40. The number of nitrogens with one attached hydrogen (secondary N) is 1. The molecule has 0 spiro atoms. The number of hydrogen-bond donors (Lipinski definition) is 1. The molecule has 0 aliphatic carbocycles. The van der Waals surface area contributed by atoms with E-state index in [0.29, 0.717) is 23.1 Å². The third-order valence-corrected chi connectivity index (χ3v) is 6.11. The summed E-state index contributed by atoms with van der Waals surface area (Å²) in [7, 11) is 1.73. The van der Waals surface area contributed by atoms with Crippen LogP contribution >= 0.6 is 35.0 Å². The van der Waals surface area contributed by atoms with Crippen LogP contribution in [-0.4, -0.2) is 52.7 Å². The molecule has 26 heavy (non-hydrogen) atoms. The maximum Gasteiger partial charge on any atom is 0.317 e. The average Bonchev–Trinajstić information content (AvgIpc) is 2.81. The molecule has 8 heteroatoms. The van der Waals surface area contributed by atoms with Gasteiger partial charge >= 0.3 is 6.03 Å². The largest absolute Gasteiger partial charge is 0.333 e. The molecule has 2 rings (SSSR count). The standard InChI is InChI=1S/C18H25Cl2N3O2S/c1-11-15(24)23(9-8-22(5)17(25)21-18(2,3)4)16(26-11)12-6-7-13(19)14(20)10-12/h6-7,10-11,16H,8-9H2,1-5H3,(H,21,25)/t11-,16-/m1/s1. The molecule has 3 amide bonds. The van der Waals surface area contributed by atoms with Gasteiger partial charge in [-0.25, -0.2) is 4.79 Å². The van der Waals surface area contributed by atoms with Crippen molar-refractivity contribution in [3.63, 3.8) is 0 Å². The van der Waals surface area contributed by atoms with Gasteiger partial charge in [-0.3, -0.25) is 4.79 Å². The van der Waals surface area contributed by atoms with Gasteiger partial charge < -0.3 is 15.1 Å². The molecule has 1 saturated heterocycles. The maximum atomic E-state index is 12.6. The molecular weight excluding hydrogens is 393 g/mol. The molecule has 1 fully saturated rings. The molecule has 0 bridgehead atoms. The lowest BCUT2D eigenvalue weighted by Gasteiger charge is -2.29. The lowest BCUT2D eigenvalue weighted by atomic mass is 10.1. The normalized spacial score (nSPS) is 20.4. The summed E-state index contributed by atoms with van der Waals surface area (Å²) in [5.74, 6) is 0.0655. The number of rotatable bonds is 4. The fraction of sp³-hybridized carbons (Fsp3) is 0.556. The van der Waals surface area contributed by atoms with E-state index in [9.17, 15) is 9.59 Å². The van der Waals surface area contributed by atoms with E-state index < -0.39 is 0 Å². The van der Waals surface area contributed by atoms with Crippen LogP contribution in [0.15, 0.2) is 18.2 Å². The highest BCUT2D eigenvalue weighted by Gasteiger charge is 2.38. The van der Waals surface area contributed by atoms with Gasteiger partial charge in [0, 0.05) is 25.7 Å². The minimum atomic E-state index is -0.304. The Morgan fingerprint density at radius 2 is 1.96 bits per heavy atom. The second kappa shape index (κ2) is 8.28. The van der Waals surface area contributed by atoms with E-state index in [4.69, 9.17) is 23.2 Å². The van der Waals surface area contributed by atoms with E-state index in [1.807, 2.05) is 33.8 Å². The van der Waals surface area contributed by atoms with Gasteiger partial charge in [0.25, 0.3) is 0 Å². The van der Waals surface area contributed by atoms with Gasteiger partial charge in [0.2, 0.25) is 5.91 Å². The van der Waals surface area contributed by atoms with Gasteiger partial charge in [0.15, 0.2) is 0 Å². The molecule has 1 aromatic carbocycles. The Morgan fingerprint density at radius 1 is 1.31 bits per heavy atom. The molecule has 0 unspecified atom stereocenters. The van der Waals surface area contributed by atoms with Crippen LogP contribution in [0.2, 0.25) is 10.0 Å². The summed E-state index contributed by atoms with van der Waals surface area (Å²) in [5.41, 5.74) is 0.630. The summed E-state index contributed by atoms with van der Waals surface area (Å²) < 4.78 is 0. The van der Waals surface area contributed by atoms with Gasteiger partial charge in [-0.05, 0) is 45.4 Å². The van der Waals surface area contributed by atoms with E-state index in [-0.39, 0.29) is 28.1 Å². The van der Waals surface area contributed by atoms with Crippen LogP contribution in [0.3, 0.4) is 0 Å². The highest BCUT2D eigenvalue weighted by molar-refractivity contribution is 8.01. The van der Waals surface area contributed by atoms with Crippen molar-refractivity contribution in [2.45, 2.75) is 43.9 Å². The Labute approximate surface area is 169 Å². The van der Waals surface area contributed by atoms with Crippen LogP contribution in [0.5, 0.6) is 0 Å². The SMILES string of the molecule is C[C@H]1S[C@H](c2ccc(Cl)c(Cl)c2)N(CCN(C)C(=O)NC(C)(C)C)C1=O. The Kier molecular flexibility index (Phi) is 6.75. The van der Waals surface area contributed by atoms with Crippen molar-refractivity contribution in [2.75, 3.05) is 20.1 Å². The lowest BCUT2D eigenvalue weighted by molar-refractivity contribution is -0.129. The van der Waals surface area contributed by atoms with Crippen LogP contribution in [0.1, 0.15) is 38.6 Å². The first-order chi connectivity index (χ1) is 12.0. The Morgan fingerprint density at radius 3 is 2.54 bits per heavy atom. The summed E-state index contributed by atoms with van der Waals surface area (Å²) in [6.07, 6.45) is 0. The fourth-order valence-electron chi connectivity index (χ4n) is 2.60. The number of thioether (sulfide) groups is 1. The van der Waals surface area contributed by atoms with Crippen molar-refractivity contribution in [2.24, 2.45) is 0 Å². The first kappa shape index (κ1) is 21.2. The molecule has 0 saturated carbocycles. The van der Waals surface area contributed by atoms with Gasteiger partial charge in [0.05, 0.1) is 15.3 Å². The molecular formula is C18H25Cl2N3O2S. The third kappa shape index (κ3) is 5.21. The Bertz CT molecular complexity index is 694. The van der Waals surface area contributed by atoms with Crippen LogP contribution in [0, 0.1) is 0 Å².